The molecule has 1 amide bonds. The topological polar surface area (TPSA) is 80.2 Å². The third-order valence-corrected chi connectivity index (χ3v) is 7.72. The van der Waals surface area contributed by atoms with Crippen molar-refractivity contribution >= 4 is 23.1 Å². The average Bonchev–Trinajstić information content (AvgIpc) is 3.24. The Bertz CT molecular complexity index is 855. The lowest BCUT2D eigenvalue weighted by Gasteiger charge is -2.32. The molecule has 30 heavy (non-hydrogen) atoms. The zero-order chi connectivity index (χ0) is 20.3. The van der Waals surface area contributed by atoms with Gasteiger partial charge in [0.2, 0.25) is 0 Å². The van der Waals surface area contributed by atoms with E-state index in [4.69, 9.17) is 9.72 Å². The minimum atomic E-state index is -0.147. The van der Waals surface area contributed by atoms with Gasteiger partial charge in [0.1, 0.15) is 0 Å². The molecule has 0 bridgehead atoms. The molecule has 8 heteroatoms. The number of nitrogens with zero attached hydrogens (tertiary/aromatic N) is 4. The zero-order valence-corrected chi connectivity index (χ0v) is 18.1. The van der Waals surface area contributed by atoms with Crippen LogP contribution < -0.4 is 10.2 Å². The molecule has 2 fully saturated rings. The fourth-order valence-electron chi connectivity index (χ4n) is 4.65. The van der Waals surface area contributed by atoms with E-state index >= 15 is 0 Å². The Balaban J connectivity index is 1.23. The second-order valence-corrected chi connectivity index (χ2v) is 9.67. The van der Waals surface area contributed by atoms with Crippen molar-refractivity contribution in [3.63, 3.8) is 0 Å². The summed E-state index contributed by atoms with van der Waals surface area (Å²) >= 11 is 1.93. The predicted octanol–water partition coefficient (Wildman–Crippen LogP) is 3.10. The number of rotatable bonds is 4. The number of carbonyl (C=O) groups is 1. The van der Waals surface area contributed by atoms with Crippen molar-refractivity contribution in [1.82, 2.24) is 20.5 Å². The van der Waals surface area contributed by atoms with Crippen LogP contribution in [0.5, 0.6) is 0 Å². The highest BCUT2D eigenvalue weighted by Crippen LogP contribution is 2.35. The van der Waals surface area contributed by atoms with Gasteiger partial charge in [-0.15, -0.1) is 21.5 Å². The highest BCUT2D eigenvalue weighted by Gasteiger charge is 2.27. The first-order chi connectivity index (χ1) is 14.8. The number of aromatic nitrogens is 3. The molecule has 1 N–H and O–H groups in total. The van der Waals surface area contributed by atoms with Gasteiger partial charge >= 0.3 is 0 Å². The molecule has 1 atom stereocenters. The monoisotopic (exact) mass is 427 g/mol. The van der Waals surface area contributed by atoms with Crippen LogP contribution in [0, 0.1) is 0 Å². The number of amides is 1. The van der Waals surface area contributed by atoms with Crippen molar-refractivity contribution in [2.45, 2.75) is 63.3 Å². The third kappa shape index (κ3) is 4.34. The lowest BCUT2D eigenvalue weighted by molar-refractivity contribution is 0.0693. The molecule has 2 aliphatic heterocycles. The lowest BCUT2D eigenvalue weighted by atomic mass is 9.98. The summed E-state index contributed by atoms with van der Waals surface area (Å²) in [5.74, 6) is 1.17. The first-order valence-electron chi connectivity index (χ1n) is 11.2. The molecule has 0 saturated carbocycles. The maximum absolute atomic E-state index is 12.5. The van der Waals surface area contributed by atoms with Gasteiger partial charge in [-0.3, -0.25) is 4.79 Å². The van der Waals surface area contributed by atoms with Gasteiger partial charge in [0, 0.05) is 43.1 Å². The van der Waals surface area contributed by atoms with Crippen molar-refractivity contribution in [3.05, 3.63) is 33.4 Å². The summed E-state index contributed by atoms with van der Waals surface area (Å²) in [6.45, 7) is 3.31. The van der Waals surface area contributed by atoms with Crippen LogP contribution in [0.1, 0.15) is 70.5 Å². The second-order valence-electron chi connectivity index (χ2n) is 8.55. The second kappa shape index (κ2) is 8.98. The van der Waals surface area contributed by atoms with Crippen molar-refractivity contribution in [2.24, 2.45) is 0 Å². The first-order valence-corrected chi connectivity index (χ1v) is 12.0. The van der Waals surface area contributed by atoms with E-state index in [0.29, 0.717) is 24.8 Å². The highest BCUT2D eigenvalue weighted by atomic mass is 32.1. The molecule has 7 nitrogen and oxygen atoms in total. The van der Waals surface area contributed by atoms with Crippen LogP contribution in [-0.2, 0) is 17.6 Å². The molecule has 3 aliphatic rings. The van der Waals surface area contributed by atoms with E-state index in [1.54, 1.807) is 6.07 Å². The summed E-state index contributed by atoms with van der Waals surface area (Å²) in [6, 6.07) is 3.89. The molecule has 0 spiro atoms. The van der Waals surface area contributed by atoms with Crippen molar-refractivity contribution in [3.8, 4) is 0 Å². The fraction of sp³-hybridized carbons (Fsp3) is 0.636. The van der Waals surface area contributed by atoms with Gasteiger partial charge in [-0.2, -0.15) is 0 Å². The maximum Gasteiger partial charge on any atom is 0.272 e. The van der Waals surface area contributed by atoms with Crippen LogP contribution in [0.4, 0.5) is 5.82 Å². The number of nitrogens with one attached hydrogen (secondary N) is 1. The molecule has 0 radical (unpaired) electrons. The van der Waals surface area contributed by atoms with Crippen molar-refractivity contribution in [2.75, 3.05) is 31.2 Å². The summed E-state index contributed by atoms with van der Waals surface area (Å²) in [5, 5.41) is 12.9. The summed E-state index contributed by atoms with van der Waals surface area (Å²) < 4.78 is 5.35. The number of aryl methyl sites for hydroxylation is 2. The largest absolute Gasteiger partial charge is 0.381 e. The van der Waals surface area contributed by atoms with Crippen LogP contribution in [-0.4, -0.2) is 53.4 Å². The van der Waals surface area contributed by atoms with E-state index in [0.717, 1.165) is 44.6 Å². The first kappa shape index (κ1) is 19.9. The van der Waals surface area contributed by atoms with Gasteiger partial charge in [-0.1, -0.05) is 0 Å². The molecule has 2 aromatic rings. The summed E-state index contributed by atoms with van der Waals surface area (Å²) in [4.78, 5) is 21.2. The Morgan fingerprint density at radius 1 is 1.10 bits per heavy atom. The van der Waals surface area contributed by atoms with Crippen LogP contribution in [0.3, 0.4) is 0 Å². The normalized spacial score (nSPS) is 22.5. The molecule has 2 aromatic heterocycles. The van der Waals surface area contributed by atoms with E-state index in [-0.39, 0.29) is 11.9 Å². The van der Waals surface area contributed by atoms with Gasteiger partial charge < -0.3 is 15.0 Å². The Morgan fingerprint density at radius 2 is 1.97 bits per heavy atom. The van der Waals surface area contributed by atoms with Gasteiger partial charge in [0.15, 0.2) is 11.5 Å². The van der Waals surface area contributed by atoms with E-state index in [1.165, 1.54) is 41.3 Å². The zero-order valence-electron chi connectivity index (χ0n) is 17.3. The standard InChI is InChI=1S/C22H29N5O2S/c28-21(23-16-9-12-29-13-10-16)18-7-8-20(26-25-18)27-11-3-4-15(14-27)22-24-17-5-1-2-6-19(17)30-22/h7-8,15-16H,1-6,9-14H2,(H,23,28). The number of hydrogen-bond acceptors (Lipinski definition) is 7. The van der Waals surface area contributed by atoms with E-state index < -0.39 is 0 Å². The molecular weight excluding hydrogens is 398 g/mol. The fourth-order valence-corrected chi connectivity index (χ4v) is 5.93. The molecular formula is C22H29N5O2S. The summed E-state index contributed by atoms with van der Waals surface area (Å²) in [7, 11) is 0. The maximum atomic E-state index is 12.5. The van der Waals surface area contributed by atoms with Crippen molar-refractivity contribution < 1.29 is 9.53 Å². The molecule has 4 heterocycles. The average molecular weight is 428 g/mol. The number of anilines is 1. The van der Waals surface area contributed by atoms with Crippen molar-refractivity contribution in [1.29, 1.82) is 0 Å². The SMILES string of the molecule is O=C(NC1CCOCC1)c1ccc(N2CCCC(c3nc4c(s3)CCCC4)C2)nn1. The van der Waals surface area contributed by atoms with Crippen LogP contribution in [0.2, 0.25) is 0 Å². The Hall–Kier alpha value is -2.06. The van der Waals surface area contributed by atoms with Crippen LogP contribution in [0.25, 0.3) is 0 Å². The number of carbonyl (C=O) groups excluding carboxylic acids is 1. The third-order valence-electron chi connectivity index (χ3n) is 6.40. The number of piperidine rings is 1. The molecule has 1 aliphatic carbocycles. The highest BCUT2D eigenvalue weighted by molar-refractivity contribution is 7.11. The molecule has 2 saturated heterocycles. The molecule has 0 aromatic carbocycles. The Morgan fingerprint density at radius 3 is 2.77 bits per heavy atom. The quantitative estimate of drug-likeness (QED) is 0.808. The van der Waals surface area contributed by atoms with E-state index in [1.807, 2.05) is 17.4 Å². The number of thiazole rings is 1. The van der Waals surface area contributed by atoms with Gasteiger partial charge in [-0.25, -0.2) is 4.98 Å². The minimum absolute atomic E-state index is 0.147. The Labute approximate surface area is 181 Å². The summed E-state index contributed by atoms with van der Waals surface area (Å²) in [6.07, 6.45) is 8.94. The lowest BCUT2D eigenvalue weighted by Crippen LogP contribution is -2.39. The van der Waals surface area contributed by atoms with Gasteiger partial charge in [0.25, 0.3) is 5.91 Å². The molecule has 160 valence electrons. The van der Waals surface area contributed by atoms with Gasteiger partial charge in [-0.05, 0) is 63.5 Å². The predicted molar refractivity (Wildman–Crippen MR) is 116 cm³/mol. The van der Waals surface area contributed by atoms with Crippen LogP contribution in [0.15, 0.2) is 12.1 Å². The molecule has 1 unspecified atom stereocenters. The Kier molecular flexibility index (Phi) is 5.95. The number of fused-ring (bicyclic) bond motifs is 1. The number of hydrogen-bond donors (Lipinski definition) is 1. The van der Waals surface area contributed by atoms with Crippen LogP contribution >= 0.6 is 11.3 Å². The number of ether oxygens (including phenoxy) is 1. The van der Waals surface area contributed by atoms with E-state index in [2.05, 4.69) is 20.4 Å². The van der Waals surface area contributed by atoms with E-state index in [9.17, 15) is 4.79 Å². The van der Waals surface area contributed by atoms with Gasteiger partial charge in [0.05, 0.1) is 10.7 Å². The summed E-state index contributed by atoms with van der Waals surface area (Å²) in [5.41, 5.74) is 1.73. The molecule has 5 rings (SSSR count). The smallest absolute Gasteiger partial charge is 0.272 e. The minimum Gasteiger partial charge on any atom is -0.381 e.